The summed E-state index contributed by atoms with van der Waals surface area (Å²) in [5.74, 6) is 1.17. The molecule has 29 heavy (non-hydrogen) atoms. The molecule has 2 fully saturated rings. The standard InChI is InChI=1S/C23H24IN3O2/c24-20-7-5-16(6-8-20)9-25-10-18-13-26(14-19(18)11-25)22(28)15-27-12-17-3-1-2-4-21(17)23(27)29/h1-8,18-19H,9-15H2/t18-,19+/i24-4. The first-order chi connectivity index (χ1) is 14.1. The molecule has 0 aliphatic carbocycles. The van der Waals surface area contributed by atoms with Gasteiger partial charge in [-0.15, -0.1) is 0 Å². The molecule has 2 saturated heterocycles. The maximum absolute atomic E-state index is 12.9. The topological polar surface area (TPSA) is 43.9 Å². The van der Waals surface area contributed by atoms with Crippen molar-refractivity contribution in [3.8, 4) is 0 Å². The predicted molar refractivity (Wildman–Crippen MR) is 119 cm³/mol. The largest absolute Gasteiger partial charge is 0.340 e. The van der Waals surface area contributed by atoms with Gasteiger partial charge in [0.05, 0.1) is 0 Å². The lowest BCUT2D eigenvalue weighted by molar-refractivity contribution is -0.131. The normalized spacial score (nSPS) is 23.6. The van der Waals surface area contributed by atoms with Gasteiger partial charge in [-0.3, -0.25) is 14.5 Å². The fourth-order valence-electron chi connectivity index (χ4n) is 4.98. The highest BCUT2D eigenvalue weighted by atomic mass is 123. The van der Waals surface area contributed by atoms with Crippen molar-refractivity contribution in [2.45, 2.75) is 13.1 Å². The Hall–Kier alpha value is -1.93. The third-order valence-corrected chi connectivity index (χ3v) is 7.18. The second-order valence-corrected chi connectivity index (χ2v) is 9.70. The van der Waals surface area contributed by atoms with E-state index in [0.717, 1.165) is 43.9 Å². The Labute approximate surface area is 184 Å². The van der Waals surface area contributed by atoms with E-state index < -0.39 is 0 Å². The van der Waals surface area contributed by atoms with Crippen LogP contribution in [0.4, 0.5) is 0 Å². The van der Waals surface area contributed by atoms with Crippen LogP contribution in [-0.2, 0) is 17.9 Å². The highest BCUT2D eigenvalue weighted by Gasteiger charge is 2.42. The zero-order valence-electron chi connectivity index (χ0n) is 16.3. The molecule has 0 bridgehead atoms. The number of hydrogen-bond acceptors (Lipinski definition) is 3. The van der Waals surface area contributed by atoms with E-state index in [1.165, 1.54) is 9.13 Å². The number of nitrogens with zero attached hydrogens (tertiary/aromatic N) is 3. The number of halogens is 1. The summed E-state index contributed by atoms with van der Waals surface area (Å²) >= 11 is 2.33. The Morgan fingerprint density at radius 1 is 0.966 bits per heavy atom. The van der Waals surface area contributed by atoms with Crippen LogP contribution in [0.5, 0.6) is 0 Å². The predicted octanol–water partition coefficient (Wildman–Crippen LogP) is 2.84. The van der Waals surface area contributed by atoms with E-state index in [0.29, 0.717) is 18.4 Å². The first-order valence-corrected chi connectivity index (χ1v) is 11.3. The van der Waals surface area contributed by atoms with E-state index in [2.05, 4.69) is 51.8 Å². The molecule has 0 unspecified atom stereocenters. The summed E-state index contributed by atoms with van der Waals surface area (Å²) in [4.78, 5) is 31.6. The van der Waals surface area contributed by atoms with E-state index in [9.17, 15) is 9.59 Å². The minimum Gasteiger partial charge on any atom is -0.340 e. The SMILES string of the molecule is O=C(CN1Cc2ccccc2C1=O)N1C[C@H]2CN(Cc3ccc([123I])cc3)C[C@H]2C1. The molecule has 6 heteroatoms. The third-order valence-electron chi connectivity index (χ3n) is 6.46. The van der Waals surface area contributed by atoms with Gasteiger partial charge in [-0.2, -0.15) is 0 Å². The van der Waals surface area contributed by atoms with Gasteiger partial charge < -0.3 is 9.80 Å². The summed E-state index contributed by atoms with van der Waals surface area (Å²) < 4.78 is 1.26. The number of rotatable bonds is 4. The first kappa shape index (κ1) is 19.1. The smallest absolute Gasteiger partial charge is 0.254 e. The van der Waals surface area contributed by atoms with Gasteiger partial charge >= 0.3 is 0 Å². The molecule has 0 N–H and O–H groups in total. The number of carbonyl (C=O) groups is 2. The average molecular weight is 497 g/mol. The van der Waals surface area contributed by atoms with E-state index in [-0.39, 0.29) is 18.4 Å². The molecular formula is C23H24IN3O2. The van der Waals surface area contributed by atoms with Crippen LogP contribution in [0.3, 0.4) is 0 Å². The summed E-state index contributed by atoms with van der Waals surface area (Å²) in [7, 11) is 0. The van der Waals surface area contributed by atoms with Crippen LogP contribution >= 0.6 is 22.6 Å². The minimum atomic E-state index is -0.0166. The minimum absolute atomic E-state index is 0.0166. The lowest BCUT2D eigenvalue weighted by Crippen LogP contribution is -2.40. The first-order valence-electron chi connectivity index (χ1n) is 10.2. The van der Waals surface area contributed by atoms with Crippen LogP contribution < -0.4 is 0 Å². The molecule has 5 nitrogen and oxygen atoms in total. The van der Waals surface area contributed by atoms with Gasteiger partial charge in [0.15, 0.2) is 0 Å². The maximum Gasteiger partial charge on any atom is 0.254 e. The molecule has 0 saturated carbocycles. The Kier molecular flexibility index (Phi) is 5.07. The van der Waals surface area contributed by atoms with E-state index in [1.807, 2.05) is 29.2 Å². The number of likely N-dealkylation sites (tertiary alicyclic amines) is 2. The number of fused-ring (bicyclic) bond motifs is 2. The fourth-order valence-corrected chi connectivity index (χ4v) is 5.34. The van der Waals surface area contributed by atoms with Crippen molar-refractivity contribution in [3.63, 3.8) is 0 Å². The number of amides is 2. The lowest BCUT2D eigenvalue weighted by Gasteiger charge is -2.24. The van der Waals surface area contributed by atoms with Crippen molar-refractivity contribution in [1.29, 1.82) is 0 Å². The summed E-state index contributed by atoms with van der Waals surface area (Å²) in [5.41, 5.74) is 3.12. The molecule has 3 aliphatic heterocycles. The Balaban J connectivity index is 1.14. The Bertz CT molecular complexity index is 931. The molecule has 2 amide bonds. The van der Waals surface area contributed by atoms with Gasteiger partial charge in [-0.1, -0.05) is 30.3 Å². The summed E-state index contributed by atoms with van der Waals surface area (Å²) in [5, 5.41) is 0. The van der Waals surface area contributed by atoms with Crippen molar-refractivity contribution in [2.24, 2.45) is 11.8 Å². The van der Waals surface area contributed by atoms with Crippen molar-refractivity contribution in [2.75, 3.05) is 32.7 Å². The van der Waals surface area contributed by atoms with Gasteiger partial charge in [0, 0.05) is 48.4 Å². The third kappa shape index (κ3) is 3.80. The molecular weight excluding hydrogens is 473 g/mol. The molecule has 2 aromatic carbocycles. The molecule has 0 radical (unpaired) electrons. The molecule has 150 valence electrons. The summed E-state index contributed by atoms with van der Waals surface area (Å²) in [6, 6.07) is 16.4. The average Bonchev–Trinajstić information content (AvgIpc) is 3.36. The van der Waals surface area contributed by atoms with Crippen LogP contribution in [0.15, 0.2) is 48.5 Å². The lowest BCUT2D eigenvalue weighted by atomic mass is 10.0. The number of hydrogen-bond donors (Lipinski definition) is 0. The zero-order valence-corrected chi connectivity index (χ0v) is 18.4. The molecule has 3 aliphatic rings. The molecule has 0 aromatic heterocycles. The molecule has 2 atom stereocenters. The van der Waals surface area contributed by atoms with Gasteiger partial charge in [0.25, 0.3) is 5.91 Å². The van der Waals surface area contributed by atoms with Crippen LogP contribution in [-0.4, -0.2) is 59.2 Å². The number of carbonyl (C=O) groups excluding carboxylic acids is 2. The second kappa shape index (κ2) is 7.72. The van der Waals surface area contributed by atoms with Crippen molar-refractivity contribution < 1.29 is 9.59 Å². The zero-order chi connectivity index (χ0) is 20.0. The quantitative estimate of drug-likeness (QED) is 0.611. The van der Waals surface area contributed by atoms with Crippen LogP contribution in [0.25, 0.3) is 0 Å². The van der Waals surface area contributed by atoms with Gasteiger partial charge in [0.1, 0.15) is 6.54 Å². The fraction of sp³-hybridized carbons (Fsp3) is 0.391. The molecule has 5 rings (SSSR count). The van der Waals surface area contributed by atoms with Crippen molar-refractivity contribution >= 4 is 34.4 Å². The highest BCUT2D eigenvalue weighted by Crippen LogP contribution is 2.32. The van der Waals surface area contributed by atoms with E-state index in [1.54, 1.807) is 4.90 Å². The Morgan fingerprint density at radius 3 is 2.34 bits per heavy atom. The Morgan fingerprint density at radius 2 is 1.66 bits per heavy atom. The van der Waals surface area contributed by atoms with Crippen LogP contribution in [0.2, 0.25) is 0 Å². The van der Waals surface area contributed by atoms with Gasteiger partial charge in [-0.05, 0) is 63.8 Å². The number of benzene rings is 2. The maximum atomic E-state index is 12.9. The summed E-state index contributed by atoms with van der Waals surface area (Å²) in [6.45, 7) is 5.47. The van der Waals surface area contributed by atoms with E-state index in [4.69, 9.17) is 0 Å². The van der Waals surface area contributed by atoms with Crippen LogP contribution in [0.1, 0.15) is 21.5 Å². The summed E-state index contributed by atoms with van der Waals surface area (Å²) in [6.07, 6.45) is 0. The van der Waals surface area contributed by atoms with Crippen molar-refractivity contribution in [3.05, 3.63) is 68.8 Å². The molecule has 2 aromatic rings. The van der Waals surface area contributed by atoms with E-state index >= 15 is 0 Å². The van der Waals surface area contributed by atoms with Gasteiger partial charge in [-0.25, -0.2) is 0 Å². The van der Waals surface area contributed by atoms with Crippen LogP contribution in [0, 0.1) is 15.4 Å². The second-order valence-electron chi connectivity index (χ2n) is 8.46. The molecule has 3 heterocycles. The van der Waals surface area contributed by atoms with Crippen molar-refractivity contribution in [1.82, 2.24) is 14.7 Å². The highest BCUT2D eigenvalue weighted by molar-refractivity contribution is 14.1. The monoisotopic (exact) mass is 497 g/mol. The molecule has 0 spiro atoms. The van der Waals surface area contributed by atoms with Gasteiger partial charge in [0.2, 0.25) is 5.91 Å².